The Morgan fingerprint density at radius 3 is 2.57 bits per heavy atom. The Balaban J connectivity index is 1.94. The average molecular weight is 321 g/mol. The molecule has 0 atom stereocenters. The molecule has 7 heteroatoms. The van der Waals surface area contributed by atoms with Gasteiger partial charge in [0, 0.05) is 24.8 Å². The lowest BCUT2D eigenvalue weighted by Gasteiger charge is -2.23. The van der Waals surface area contributed by atoms with Gasteiger partial charge >= 0.3 is 0 Å². The smallest absolute Gasteiger partial charge is 0.280 e. The summed E-state index contributed by atoms with van der Waals surface area (Å²) >= 11 is 0. The van der Waals surface area contributed by atoms with Crippen LogP contribution in [0.4, 0.5) is 14.7 Å². The van der Waals surface area contributed by atoms with Crippen molar-refractivity contribution in [3.05, 3.63) is 23.7 Å². The number of alkyl halides is 2. The summed E-state index contributed by atoms with van der Waals surface area (Å²) in [7, 11) is 1.80. The monoisotopic (exact) mass is 321 g/mol. The summed E-state index contributed by atoms with van der Waals surface area (Å²) in [5.41, 5.74) is 1.74. The van der Waals surface area contributed by atoms with Gasteiger partial charge in [-0.3, -0.25) is 4.68 Å². The number of aryl methyl sites for hydroxylation is 2. The van der Waals surface area contributed by atoms with E-state index in [0.717, 1.165) is 36.9 Å². The second-order valence-corrected chi connectivity index (χ2v) is 6.08. The lowest BCUT2D eigenvalue weighted by Crippen LogP contribution is -2.23. The second-order valence-electron chi connectivity index (χ2n) is 6.08. The van der Waals surface area contributed by atoms with Crippen LogP contribution in [0.15, 0.2) is 12.3 Å². The average Bonchev–Trinajstić information content (AvgIpc) is 2.86. The van der Waals surface area contributed by atoms with E-state index in [9.17, 15) is 8.78 Å². The zero-order valence-corrected chi connectivity index (χ0v) is 13.4. The SMILES string of the molecule is Cc1nn(C)cc1-c1cc(C(F)F)nc(NC2CCCCC2)n1. The van der Waals surface area contributed by atoms with Crippen LogP contribution in [0.1, 0.15) is 49.9 Å². The lowest BCUT2D eigenvalue weighted by molar-refractivity contribution is 0.146. The van der Waals surface area contributed by atoms with Crippen molar-refractivity contribution in [2.45, 2.75) is 51.5 Å². The van der Waals surface area contributed by atoms with Crippen LogP contribution in [0.5, 0.6) is 0 Å². The van der Waals surface area contributed by atoms with Crippen molar-refractivity contribution < 1.29 is 8.78 Å². The fourth-order valence-electron chi connectivity index (χ4n) is 3.06. The van der Waals surface area contributed by atoms with E-state index in [1.165, 1.54) is 12.5 Å². The largest absolute Gasteiger partial charge is 0.351 e. The Morgan fingerprint density at radius 1 is 1.22 bits per heavy atom. The first kappa shape index (κ1) is 15.8. The van der Waals surface area contributed by atoms with Crippen LogP contribution in [0.3, 0.4) is 0 Å². The Morgan fingerprint density at radius 2 is 1.96 bits per heavy atom. The summed E-state index contributed by atoms with van der Waals surface area (Å²) in [6, 6.07) is 1.61. The van der Waals surface area contributed by atoms with Crippen LogP contribution in [-0.4, -0.2) is 25.8 Å². The summed E-state index contributed by atoms with van der Waals surface area (Å²) in [6.07, 6.45) is 4.77. The van der Waals surface area contributed by atoms with Gasteiger partial charge in [0.1, 0.15) is 5.69 Å². The molecule has 2 aromatic heterocycles. The third kappa shape index (κ3) is 3.65. The van der Waals surface area contributed by atoms with Gasteiger partial charge in [-0.25, -0.2) is 18.7 Å². The molecule has 0 aromatic carbocycles. The molecular weight excluding hydrogens is 300 g/mol. The molecule has 0 amide bonds. The molecule has 1 fully saturated rings. The van der Waals surface area contributed by atoms with E-state index in [2.05, 4.69) is 20.4 Å². The molecule has 124 valence electrons. The number of nitrogens with zero attached hydrogens (tertiary/aromatic N) is 4. The minimum atomic E-state index is -2.62. The molecule has 0 aliphatic heterocycles. The number of nitrogens with one attached hydrogen (secondary N) is 1. The van der Waals surface area contributed by atoms with Crippen molar-refractivity contribution in [2.75, 3.05) is 5.32 Å². The van der Waals surface area contributed by atoms with Gasteiger partial charge in [0.15, 0.2) is 0 Å². The van der Waals surface area contributed by atoms with Crippen LogP contribution in [0, 0.1) is 6.92 Å². The second kappa shape index (κ2) is 6.60. The van der Waals surface area contributed by atoms with Gasteiger partial charge < -0.3 is 5.32 Å². The first-order chi connectivity index (χ1) is 11.0. The summed E-state index contributed by atoms with van der Waals surface area (Å²) in [4.78, 5) is 8.43. The van der Waals surface area contributed by atoms with Gasteiger partial charge in [-0.1, -0.05) is 19.3 Å². The van der Waals surface area contributed by atoms with Crippen LogP contribution in [-0.2, 0) is 7.05 Å². The highest BCUT2D eigenvalue weighted by molar-refractivity contribution is 5.62. The number of hydrogen-bond acceptors (Lipinski definition) is 4. The fraction of sp³-hybridized carbons (Fsp3) is 0.562. The molecule has 0 bridgehead atoms. The highest BCUT2D eigenvalue weighted by Crippen LogP contribution is 2.27. The minimum Gasteiger partial charge on any atom is -0.351 e. The zero-order valence-electron chi connectivity index (χ0n) is 13.4. The first-order valence-electron chi connectivity index (χ1n) is 7.97. The van der Waals surface area contributed by atoms with Crippen molar-refractivity contribution in [2.24, 2.45) is 7.05 Å². The number of hydrogen-bond donors (Lipinski definition) is 1. The highest BCUT2D eigenvalue weighted by Gasteiger charge is 2.19. The van der Waals surface area contributed by atoms with Crippen molar-refractivity contribution in [1.29, 1.82) is 0 Å². The van der Waals surface area contributed by atoms with Gasteiger partial charge in [0.05, 0.1) is 11.4 Å². The summed E-state index contributed by atoms with van der Waals surface area (Å²) in [6.45, 7) is 1.84. The van der Waals surface area contributed by atoms with Crippen LogP contribution in [0.2, 0.25) is 0 Å². The van der Waals surface area contributed by atoms with E-state index in [-0.39, 0.29) is 17.7 Å². The molecule has 3 rings (SSSR count). The molecule has 1 aliphatic carbocycles. The molecule has 0 spiro atoms. The van der Waals surface area contributed by atoms with Crippen molar-refractivity contribution in [1.82, 2.24) is 19.7 Å². The molecule has 2 heterocycles. The summed E-state index contributed by atoms with van der Waals surface area (Å²) in [5.74, 6) is 0.285. The van der Waals surface area contributed by atoms with E-state index < -0.39 is 6.43 Å². The maximum atomic E-state index is 13.2. The van der Waals surface area contributed by atoms with E-state index in [0.29, 0.717) is 5.69 Å². The Hall–Kier alpha value is -2.05. The van der Waals surface area contributed by atoms with Crippen molar-refractivity contribution >= 4 is 5.95 Å². The Kier molecular flexibility index (Phi) is 4.54. The molecule has 0 radical (unpaired) electrons. The Bertz CT molecular complexity index is 677. The number of rotatable bonds is 4. The van der Waals surface area contributed by atoms with Gasteiger partial charge in [0.25, 0.3) is 6.43 Å². The summed E-state index contributed by atoms with van der Waals surface area (Å²) in [5, 5.41) is 7.49. The molecule has 5 nitrogen and oxygen atoms in total. The van der Waals surface area contributed by atoms with Crippen molar-refractivity contribution in [3.63, 3.8) is 0 Å². The fourth-order valence-corrected chi connectivity index (χ4v) is 3.06. The van der Waals surface area contributed by atoms with E-state index >= 15 is 0 Å². The molecule has 1 aliphatic rings. The van der Waals surface area contributed by atoms with E-state index in [1.807, 2.05) is 6.92 Å². The molecule has 1 N–H and O–H groups in total. The maximum absolute atomic E-state index is 13.2. The normalized spacial score (nSPS) is 16.0. The Labute approximate surface area is 134 Å². The predicted molar refractivity (Wildman–Crippen MR) is 84.4 cm³/mol. The number of halogens is 2. The third-order valence-electron chi connectivity index (χ3n) is 4.20. The molecule has 2 aromatic rings. The quantitative estimate of drug-likeness (QED) is 0.929. The lowest BCUT2D eigenvalue weighted by atomic mass is 9.96. The third-order valence-corrected chi connectivity index (χ3v) is 4.20. The number of anilines is 1. The van der Waals surface area contributed by atoms with Gasteiger partial charge in [0.2, 0.25) is 5.95 Å². The molecule has 0 saturated heterocycles. The summed E-state index contributed by atoms with van der Waals surface area (Å²) < 4.78 is 28.0. The maximum Gasteiger partial charge on any atom is 0.280 e. The van der Waals surface area contributed by atoms with Crippen LogP contribution < -0.4 is 5.32 Å². The topological polar surface area (TPSA) is 55.6 Å². The zero-order chi connectivity index (χ0) is 16.4. The molecule has 1 saturated carbocycles. The molecular formula is C16H21F2N5. The van der Waals surface area contributed by atoms with Gasteiger partial charge in [-0.15, -0.1) is 0 Å². The highest BCUT2D eigenvalue weighted by atomic mass is 19.3. The molecule has 23 heavy (non-hydrogen) atoms. The van der Waals surface area contributed by atoms with Crippen molar-refractivity contribution in [3.8, 4) is 11.3 Å². The standard InChI is InChI=1S/C16H21F2N5/c1-10-12(9-23(2)22-10)13-8-14(15(17)18)21-16(20-13)19-11-6-4-3-5-7-11/h8-9,11,15H,3-7H2,1-2H3,(H,19,20,21). The first-order valence-corrected chi connectivity index (χ1v) is 7.97. The number of aromatic nitrogens is 4. The van der Waals surface area contributed by atoms with Crippen LogP contribution >= 0.6 is 0 Å². The van der Waals surface area contributed by atoms with E-state index in [4.69, 9.17) is 0 Å². The minimum absolute atomic E-state index is 0.253. The van der Waals surface area contributed by atoms with E-state index in [1.54, 1.807) is 17.9 Å². The van der Waals surface area contributed by atoms with Crippen LogP contribution in [0.25, 0.3) is 11.3 Å². The van der Waals surface area contributed by atoms with Gasteiger partial charge in [-0.2, -0.15) is 5.10 Å². The predicted octanol–water partition coefficient (Wildman–Crippen LogP) is 3.87. The molecule has 0 unspecified atom stereocenters. The van der Waals surface area contributed by atoms with Gasteiger partial charge in [-0.05, 0) is 25.8 Å².